The monoisotopic (exact) mass is 768 g/mol. The highest BCUT2D eigenvalue weighted by molar-refractivity contribution is 6.22. The van der Waals surface area contributed by atoms with E-state index in [-0.39, 0.29) is 0 Å². The van der Waals surface area contributed by atoms with Crippen molar-refractivity contribution in [3.63, 3.8) is 0 Å². The third kappa shape index (κ3) is 6.58. The first-order valence-electron chi connectivity index (χ1n) is 19.6. The highest BCUT2D eigenvalue weighted by atomic mass is 14.9. The van der Waals surface area contributed by atoms with Gasteiger partial charge in [0.2, 0.25) is 0 Å². The van der Waals surface area contributed by atoms with E-state index in [4.69, 9.17) is 29.9 Å². The summed E-state index contributed by atoms with van der Waals surface area (Å²) < 4.78 is 0. The summed E-state index contributed by atoms with van der Waals surface area (Å²) in [5.41, 5.74) is 15.2. The minimum Gasteiger partial charge on any atom is -0.265 e. The number of aliphatic imine (C=N–C) groups is 2. The van der Waals surface area contributed by atoms with E-state index in [0.29, 0.717) is 34.2 Å². The van der Waals surface area contributed by atoms with Gasteiger partial charge < -0.3 is 0 Å². The van der Waals surface area contributed by atoms with E-state index in [2.05, 4.69) is 82.8 Å². The van der Waals surface area contributed by atoms with Crippen LogP contribution in [0.4, 0.5) is 11.4 Å². The quantitative estimate of drug-likeness (QED) is 0.167. The highest BCUT2D eigenvalue weighted by Gasteiger charge is 2.24. The smallest absolute Gasteiger partial charge is 0.116 e. The Morgan fingerprint density at radius 2 is 0.633 bits per heavy atom. The lowest BCUT2D eigenvalue weighted by Gasteiger charge is -2.18. The van der Waals surface area contributed by atoms with Gasteiger partial charge in [-0.15, -0.1) is 0 Å². The van der Waals surface area contributed by atoms with Crippen LogP contribution >= 0.6 is 0 Å². The third-order valence-corrected chi connectivity index (χ3v) is 10.7. The second-order valence-corrected chi connectivity index (χ2v) is 14.5. The normalized spacial score (nSPS) is 12.2. The molecule has 10 aromatic rings. The van der Waals surface area contributed by atoms with Gasteiger partial charge in [-0.05, 0) is 72.8 Å². The van der Waals surface area contributed by atoms with Crippen molar-refractivity contribution < 1.29 is 0 Å². The number of para-hydroxylation sites is 2. The number of hydrogen-bond acceptors (Lipinski definition) is 8. The van der Waals surface area contributed by atoms with Gasteiger partial charge in [0.1, 0.15) is 11.4 Å². The molecule has 0 saturated heterocycles. The molecule has 6 aromatic heterocycles. The van der Waals surface area contributed by atoms with Crippen LogP contribution in [0.15, 0.2) is 205 Å². The van der Waals surface area contributed by atoms with Crippen molar-refractivity contribution in [1.29, 1.82) is 0 Å². The Kier molecular flexibility index (Phi) is 8.63. The number of aromatic nitrogens is 6. The largest absolute Gasteiger partial charge is 0.265 e. The molecule has 0 N–H and O–H groups in total. The first-order valence-corrected chi connectivity index (χ1v) is 19.6. The topological polar surface area (TPSA) is 102 Å². The fraction of sp³-hybridized carbons (Fsp3) is 0. The summed E-state index contributed by atoms with van der Waals surface area (Å²) in [6.07, 6.45) is 7.13. The van der Waals surface area contributed by atoms with Crippen LogP contribution in [0.5, 0.6) is 0 Å². The molecule has 0 fully saturated rings. The van der Waals surface area contributed by atoms with E-state index in [9.17, 15) is 0 Å². The summed E-state index contributed by atoms with van der Waals surface area (Å²) in [6, 6.07) is 57.2. The fourth-order valence-corrected chi connectivity index (χ4v) is 7.63. The maximum absolute atomic E-state index is 5.48. The summed E-state index contributed by atoms with van der Waals surface area (Å²) in [7, 11) is 0. The van der Waals surface area contributed by atoms with Gasteiger partial charge in [0.15, 0.2) is 0 Å². The molecule has 0 bridgehead atoms. The number of benzene rings is 4. The number of pyridine rings is 6. The number of hydrogen-bond donors (Lipinski definition) is 0. The number of rotatable bonds is 6. The Labute approximate surface area is 345 Å². The minimum absolute atomic E-state index is 0.685. The van der Waals surface area contributed by atoms with Crippen LogP contribution in [0.25, 0.3) is 66.8 Å². The van der Waals surface area contributed by atoms with Crippen molar-refractivity contribution in [2.45, 2.75) is 0 Å². The molecule has 7 heterocycles. The molecule has 11 rings (SSSR count). The van der Waals surface area contributed by atoms with Crippen LogP contribution in [0, 0.1) is 0 Å². The molecule has 1 aliphatic rings. The van der Waals surface area contributed by atoms with Crippen molar-refractivity contribution in [3.8, 4) is 45.0 Å². The van der Waals surface area contributed by atoms with E-state index in [1.54, 1.807) is 24.8 Å². The molecular formula is C52H32N8. The molecule has 0 amide bonds. The van der Waals surface area contributed by atoms with Crippen LogP contribution in [0.2, 0.25) is 0 Å². The minimum atomic E-state index is 0.685. The zero-order valence-electron chi connectivity index (χ0n) is 32.1. The van der Waals surface area contributed by atoms with Gasteiger partial charge in [-0.25, -0.2) is 29.9 Å². The van der Waals surface area contributed by atoms with E-state index in [0.717, 1.165) is 78.0 Å². The van der Waals surface area contributed by atoms with Crippen molar-refractivity contribution in [2.24, 2.45) is 9.98 Å². The lowest BCUT2D eigenvalue weighted by molar-refractivity contribution is 1.26. The summed E-state index contributed by atoms with van der Waals surface area (Å²) in [4.78, 5) is 39.8. The lowest BCUT2D eigenvalue weighted by Crippen LogP contribution is -2.13. The van der Waals surface area contributed by atoms with Gasteiger partial charge in [0.05, 0.1) is 56.6 Å². The predicted octanol–water partition coefficient (Wildman–Crippen LogP) is 11.7. The fourth-order valence-electron chi connectivity index (χ4n) is 7.63. The van der Waals surface area contributed by atoms with Gasteiger partial charge in [0, 0.05) is 68.9 Å². The Hall–Kier alpha value is -8.36. The first-order chi connectivity index (χ1) is 29.7. The van der Waals surface area contributed by atoms with E-state index < -0.39 is 0 Å². The highest BCUT2D eigenvalue weighted by Crippen LogP contribution is 2.36. The first kappa shape index (κ1) is 34.9. The molecule has 4 aromatic carbocycles. The summed E-state index contributed by atoms with van der Waals surface area (Å²) >= 11 is 0. The average molecular weight is 769 g/mol. The molecule has 0 unspecified atom stereocenters. The Morgan fingerprint density at radius 3 is 1.03 bits per heavy atom. The lowest BCUT2D eigenvalue weighted by atomic mass is 9.97. The standard InChI is InChI=1S/C52H32N8/c1-3-9-45-39(7-1)31-47-51(57-45)49(37-19-15-33(16-20-37)41-11-5-13-43(55-41)35-23-27-53-28-24-35)60-48-32-40-8-2-4-10-46(40)58-52(48)50(59-47)38-21-17-34(18-22-38)42-12-6-14-44(56-42)36-25-29-54-30-26-36/h1-32H. The van der Waals surface area contributed by atoms with Gasteiger partial charge in [0.25, 0.3) is 0 Å². The van der Waals surface area contributed by atoms with E-state index >= 15 is 0 Å². The molecule has 0 spiro atoms. The third-order valence-electron chi connectivity index (χ3n) is 10.7. The SMILES string of the molecule is c1cc(-c2ccncc2)nc(-c2ccc(C3=Nc4cc5ccccc5nc4C(c4ccc(-c5cccc(-c6ccncc6)n5)cc4)=Nc4cc5ccccc5nc43)cc2)c1. The van der Waals surface area contributed by atoms with Crippen molar-refractivity contribution >= 4 is 44.6 Å². The Balaban J connectivity index is 1.05. The van der Waals surface area contributed by atoms with Crippen molar-refractivity contribution in [1.82, 2.24) is 29.9 Å². The van der Waals surface area contributed by atoms with Gasteiger partial charge in [-0.3, -0.25) is 9.97 Å². The van der Waals surface area contributed by atoms with Crippen LogP contribution in [0.1, 0.15) is 22.5 Å². The van der Waals surface area contributed by atoms with Gasteiger partial charge in [-0.2, -0.15) is 0 Å². The summed E-state index contributed by atoms with van der Waals surface area (Å²) in [5, 5.41) is 1.97. The molecular weight excluding hydrogens is 737 g/mol. The second kappa shape index (κ2) is 14.9. The molecule has 1 aliphatic heterocycles. The molecule has 0 radical (unpaired) electrons. The molecule has 0 aliphatic carbocycles. The molecule has 280 valence electrons. The van der Waals surface area contributed by atoms with Crippen molar-refractivity contribution in [3.05, 3.63) is 217 Å². The molecule has 8 heteroatoms. The van der Waals surface area contributed by atoms with Crippen LogP contribution < -0.4 is 0 Å². The predicted molar refractivity (Wildman–Crippen MR) is 240 cm³/mol. The average Bonchev–Trinajstić information content (AvgIpc) is 3.32. The van der Waals surface area contributed by atoms with Gasteiger partial charge in [-0.1, -0.05) is 97.1 Å². The number of nitrogens with zero attached hydrogens (tertiary/aromatic N) is 8. The molecule has 60 heavy (non-hydrogen) atoms. The molecule has 0 saturated carbocycles. The second-order valence-electron chi connectivity index (χ2n) is 14.5. The van der Waals surface area contributed by atoms with Crippen molar-refractivity contribution in [2.75, 3.05) is 0 Å². The molecule has 8 nitrogen and oxygen atoms in total. The van der Waals surface area contributed by atoms with E-state index in [1.807, 2.05) is 97.1 Å². The zero-order chi connectivity index (χ0) is 39.8. The zero-order valence-corrected chi connectivity index (χ0v) is 32.1. The number of fused-ring (bicyclic) bond motifs is 4. The van der Waals surface area contributed by atoms with Crippen LogP contribution in [-0.2, 0) is 0 Å². The maximum Gasteiger partial charge on any atom is 0.116 e. The van der Waals surface area contributed by atoms with Crippen LogP contribution in [-0.4, -0.2) is 41.3 Å². The molecule has 0 atom stereocenters. The van der Waals surface area contributed by atoms with Crippen LogP contribution in [0.3, 0.4) is 0 Å². The maximum atomic E-state index is 5.48. The summed E-state index contributed by atoms with van der Waals surface area (Å²) in [6.45, 7) is 0. The Morgan fingerprint density at radius 1 is 0.283 bits per heavy atom. The van der Waals surface area contributed by atoms with E-state index in [1.165, 1.54) is 0 Å². The van der Waals surface area contributed by atoms with Gasteiger partial charge >= 0.3 is 0 Å². The Bertz CT molecular complexity index is 3070. The summed E-state index contributed by atoms with van der Waals surface area (Å²) in [5.74, 6) is 0.